The van der Waals surface area contributed by atoms with Gasteiger partial charge in [0.25, 0.3) is 0 Å². The molecule has 0 atom stereocenters. The third kappa shape index (κ3) is 1.60. The Morgan fingerprint density at radius 3 is 2.63 bits per heavy atom. The van der Waals surface area contributed by atoms with E-state index in [0.717, 1.165) is 0 Å². The number of nitrogens with one attached hydrogen (secondary N) is 1. The van der Waals surface area contributed by atoms with Gasteiger partial charge in [-0.1, -0.05) is 0 Å². The summed E-state index contributed by atoms with van der Waals surface area (Å²) in [7, 11) is 0. The predicted octanol–water partition coefficient (Wildman–Crippen LogP) is 1.97. The van der Waals surface area contributed by atoms with E-state index in [0.29, 0.717) is 21.4 Å². The number of hydrogen-bond donors (Lipinski definition) is 3. The second-order valence-corrected chi connectivity index (χ2v) is 4.63. The fraction of sp³-hybridized carbons (Fsp3) is 0. The first-order valence-corrected chi connectivity index (χ1v) is 5.94. The summed E-state index contributed by atoms with van der Waals surface area (Å²) in [6.07, 6.45) is 0. The smallest absolute Gasteiger partial charge is 0.357 e. The molecule has 0 aliphatic heterocycles. The molecule has 0 bridgehead atoms. The molecule has 0 aliphatic carbocycles. The number of halogens is 1. The van der Waals surface area contributed by atoms with Gasteiger partial charge in [0, 0.05) is 0 Å². The molecule has 3 aromatic rings. The highest BCUT2D eigenvalue weighted by atomic mass is 79.9. The molecule has 0 saturated heterocycles. The van der Waals surface area contributed by atoms with Crippen LogP contribution in [-0.4, -0.2) is 36.5 Å². The van der Waals surface area contributed by atoms with Crippen molar-refractivity contribution in [2.24, 2.45) is 0 Å². The highest BCUT2D eigenvalue weighted by Crippen LogP contribution is 2.25. The van der Waals surface area contributed by atoms with Gasteiger partial charge >= 0.3 is 11.9 Å². The number of carbonyl (C=O) groups is 2. The molecule has 8 heteroatoms. The van der Waals surface area contributed by atoms with Crippen LogP contribution in [0.15, 0.2) is 22.8 Å². The van der Waals surface area contributed by atoms with Gasteiger partial charge in [-0.25, -0.2) is 14.6 Å². The lowest BCUT2D eigenvalue weighted by Crippen LogP contribution is -1.98. The lowest BCUT2D eigenvalue weighted by atomic mass is 10.2. The first kappa shape index (κ1) is 11.7. The molecule has 3 N–H and O–H groups in total. The van der Waals surface area contributed by atoms with Crippen LogP contribution >= 0.6 is 15.9 Å². The van der Waals surface area contributed by atoms with Gasteiger partial charge in [0.1, 0.15) is 4.60 Å². The molecule has 0 amide bonds. The molecule has 0 radical (unpaired) electrons. The van der Waals surface area contributed by atoms with Crippen molar-refractivity contribution in [1.29, 1.82) is 0 Å². The maximum absolute atomic E-state index is 11.0. The number of carboxylic acids is 2. The second kappa shape index (κ2) is 3.82. The minimum atomic E-state index is -1.14. The largest absolute Gasteiger partial charge is 0.478 e. The van der Waals surface area contributed by atoms with Crippen molar-refractivity contribution in [2.75, 3.05) is 0 Å². The van der Waals surface area contributed by atoms with Crippen molar-refractivity contribution >= 4 is 44.7 Å². The van der Waals surface area contributed by atoms with Crippen molar-refractivity contribution in [2.45, 2.75) is 0 Å². The first-order chi connectivity index (χ1) is 8.99. The quantitative estimate of drug-likeness (QED) is 0.668. The minimum absolute atomic E-state index is 0.101. The Balaban J connectivity index is 2.36. The normalized spacial score (nSPS) is 11.2. The van der Waals surface area contributed by atoms with E-state index in [9.17, 15) is 9.59 Å². The van der Waals surface area contributed by atoms with Gasteiger partial charge in [-0.2, -0.15) is 0 Å². The summed E-state index contributed by atoms with van der Waals surface area (Å²) in [5, 5.41) is 17.9. The summed E-state index contributed by atoms with van der Waals surface area (Å²) in [5.74, 6) is -1.83. The Morgan fingerprint density at radius 2 is 2.00 bits per heavy atom. The zero-order valence-corrected chi connectivity index (χ0v) is 10.8. The van der Waals surface area contributed by atoms with Crippen LogP contribution in [0.4, 0.5) is 0 Å². The van der Waals surface area contributed by atoms with Crippen molar-refractivity contribution in [3.63, 3.8) is 0 Å². The van der Waals surface area contributed by atoms with Crippen LogP contribution in [0.1, 0.15) is 20.8 Å². The Bertz CT molecular complexity index is 848. The number of aromatic nitrogens is 3. The molecule has 0 unspecified atom stereocenters. The lowest BCUT2D eigenvalue weighted by molar-refractivity contribution is 0.0682. The number of imidazole rings is 2. The summed E-state index contributed by atoms with van der Waals surface area (Å²) in [5.41, 5.74) is 1.26. The average Bonchev–Trinajstić information content (AvgIpc) is 2.85. The van der Waals surface area contributed by atoms with Crippen LogP contribution in [-0.2, 0) is 0 Å². The molecular weight excluding hydrogens is 318 g/mol. The molecule has 0 spiro atoms. The van der Waals surface area contributed by atoms with Gasteiger partial charge in [-0.3, -0.25) is 4.40 Å². The van der Waals surface area contributed by atoms with Crippen LogP contribution in [0.2, 0.25) is 0 Å². The molecule has 3 rings (SSSR count). The van der Waals surface area contributed by atoms with Gasteiger partial charge in [-0.15, -0.1) is 0 Å². The molecule has 2 aromatic heterocycles. The number of hydrogen-bond acceptors (Lipinski definition) is 3. The summed E-state index contributed by atoms with van der Waals surface area (Å²) >= 11 is 3.18. The summed E-state index contributed by atoms with van der Waals surface area (Å²) < 4.78 is 1.88. The van der Waals surface area contributed by atoms with Crippen LogP contribution in [0.5, 0.6) is 0 Å². The summed E-state index contributed by atoms with van der Waals surface area (Å²) in [6, 6.07) is 4.52. The molecule has 0 fully saturated rings. The number of H-pyrrole nitrogens is 1. The third-order valence-corrected chi connectivity index (χ3v) is 3.48. The molecule has 19 heavy (non-hydrogen) atoms. The molecule has 7 nitrogen and oxygen atoms in total. The zero-order chi connectivity index (χ0) is 13.7. The van der Waals surface area contributed by atoms with E-state index >= 15 is 0 Å². The van der Waals surface area contributed by atoms with E-state index in [2.05, 4.69) is 25.9 Å². The monoisotopic (exact) mass is 323 g/mol. The Kier molecular flexibility index (Phi) is 2.36. The number of nitrogens with zero attached hydrogens (tertiary/aromatic N) is 2. The SMILES string of the molecule is O=C(O)c1ccc2c(c1)[nH]c1nc(C(=O)O)c(Br)n12. The maximum Gasteiger partial charge on any atom is 0.357 e. The van der Waals surface area contributed by atoms with Crippen LogP contribution in [0.3, 0.4) is 0 Å². The standard InChI is InChI=1S/C11H6BrN3O4/c12-8-7(10(18)19)14-11-13-5-3-4(9(16)17)1-2-6(5)15(8)11/h1-3H,(H,13,14)(H,16,17)(H,18,19). The Morgan fingerprint density at radius 1 is 1.26 bits per heavy atom. The molecule has 0 saturated carbocycles. The van der Waals surface area contributed by atoms with Crippen molar-refractivity contribution < 1.29 is 19.8 Å². The number of benzene rings is 1. The van der Waals surface area contributed by atoms with Crippen molar-refractivity contribution in [3.05, 3.63) is 34.1 Å². The molecule has 2 heterocycles. The Hall–Kier alpha value is -2.35. The molecule has 96 valence electrons. The van der Waals surface area contributed by atoms with E-state index in [-0.39, 0.29) is 11.3 Å². The van der Waals surface area contributed by atoms with E-state index in [1.807, 2.05) is 0 Å². The molecular formula is C11H6BrN3O4. The molecule has 0 aliphatic rings. The van der Waals surface area contributed by atoms with Gasteiger partial charge in [-0.05, 0) is 34.1 Å². The van der Waals surface area contributed by atoms with E-state index in [1.165, 1.54) is 12.1 Å². The fourth-order valence-electron chi connectivity index (χ4n) is 1.93. The number of rotatable bonds is 2. The number of carboxylic acid groups (broad SMARTS) is 2. The fourth-order valence-corrected chi connectivity index (χ4v) is 2.54. The predicted molar refractivity (Wildman–Crippen MR) is 68.7 cm³/mol. The number of fused-ring (bicyclic) bond motifs is 3. The third-order valence-electron chi connectivity index (χ3n) is 2.75. The highest BCUT2D eigenvalue weighted by molar-refractivity contribution is 9.10. The van der Waals surface area contributed by atoms with Crippen LogP contribution < -0.4 is 0 Å². The van der Waals surface area contributed by atoms with E-state index < -0.39 is 11.9 Å². The van der Waals surface area contributed by atoms with Gasteiger partial charge in [0.15, 0.2) is 5.69 Å². The topological polar surface area (TPSA) is 108 Å². The van der Waals surface area contributed by atoms with E-state index in [1.54, 1.807) is 10.5 Å². The maximum atomic E-state index is 11.0. The van der Waals surface area contributed by atoms with Gasteiger partial charge in [0.05, 0.1) is 16.6 Å². The second-order valence-electron chi connectivity index (χ2n) is 3.88. The van der Waals surface area contributed by atoms with Crippen molar-refractivity contribution in [3.8, 4) is 0 Å². The number of aromatic carboxylic acids is 2. The first-order valence-electron chi connectivity index (χ1n) is 5.15. The van der Waals surface area contributed by atoms with E-state index in [4.69, 9.17) is 10.2 Å². The minimum Gasteiger partial charge on any atom is -0.478 e. The van der Waals surface area contributed by atoms with Crippen LogP contribution in [0.25, 0.3) is 16.8 Å². The lowest BCUT2D eigenvalue weighted by Gasteiger charge is -1.96. The zero-order valence-electron chi connectivity index (χ0n) is 9.22. The molecule has 1 aromatic carbocycles. The number of aromatic amines is 1. The van der Waals surface area contributed by atoms with Crippen LogP contribution in [0, 0.1) is 0 Å². The van der Waals surface area contributed by atoms with Crippen molar-refractivity contribution in [1.82, 2.24) is 14.4 Å². The summed E-state index contributed by atoms with van der Waals surface area (Å²) in [4.78, 5) is 28.7. The summed E-state index contributed by atoms with van der Waals surface area (Å²) in [6.45, 7) is 0. The van der Waals surface area contributed by atoms with Gasteiger partial charge < -0.3 is 15.2 Å². The average molecular weight is 324 g/mol. The Labute approximate surface area is 113 Å². The van der Waals surface area contributed by atoms with Gasteiger partial charge in [0.2, 0.25) is 5.78 Å². The highest BCUT2D eigenvalue weighted by Gasteiger charge is 2.19.